The van der Waals surface area contributed by atoms with Crippen molar-refractivity contribution in [2.24, 2.45) is 0 Å². The number of ether oxygens (including phenoxy) is 1. The summed E-state index contributed by atoms with van der Waals surface area (Å²) in [6.07, 6.45) is 7.27. The minimum Gasteiger partial charge on any atom is -0.486 e. The second kappa shape index (κ2) is 6.51. The Hall–Kier alpha value is -1.95. The maximum atomic E-state index is 13.2. The smallest absolute Gasteiger partial charge is 0.171 e. The molecule has 1 saturated carbocycles. The number of aromatic amines is 1. The van der Waals surface area contributed by atoms with Gasteiger partial charge in [-0.3, -0.25) is 10.00 Å². The number of benzene rings is 1. The van der Waals surface area contributed by atoms with Crippen molar-refractivity contribution in [2.75, 3.05) is 13.1 Å². The second-order valence-corrected chi connectivity index (χ2v) is 6.78. The third-order valence-electron chi connectivity index (χ3n) is 5.26. The Kier molecular flexibility index (Phi) is 4.22. The molecule has 1 aliphatic carbocycles. The summed E-state index contributed by atoms with van der Waals surface area (Å²) in [6.45, 7) is 2.56. The first kappa shape index (κ1) is 15.6. The van der Waals surface area contributed by atoms with Gasteiger partial charge in [0.25, 0.3) is 0 Å². The van der Waals surface area contributed by atoms with E-state index in [0.29, 0.717) is 11.6 Å². The van der Waals surface area contributed by atoms with E-state index < -0.39 is 0 Å². The Morgan fingerprint density at radius 1 is 1.17 bits per heavy atom. The van der Waals surface area contributed by atoms with Gasteiger partial charge in [0.1, 0.15) is 18.2 Å². The fraction of sp³-hybridized carbons (Fsp3) is 0.556. The van der Waals surface area contributed by atoms with Crippen LogP contribution < -0.4 is 4.74 Å². The van der Waals surface area contributed by atoms with E-state index in [0.717, 1.165) is 31.8 Å². The van der Waals surface area contributed by atoms with Crippen molar-refractivity contribution >= 4 is 0 Å². The lowest BCUT2D eigenvalue weighted by molar-refractivity contribution is 0.112. The van der Waals surface area contributed by atoms with Crippen molar-refractivity contribution < 1.29 is 9.13 Å². The van der Waals surface area contributed by atoms with Crippen LogP contribution in [0.2, 0.25) is 0 Å². The highest BCUT2D eigenvalue weighted by Gasteiger charge is 2.45. The maximum Gasteiger partial charge on any atom is 0.171 e. The summed E-state index contributed by atoms with van der Waals surface area (Å²) in [5, 5.41) is 7.52. The number of aromatic nitrogens is 3. The number of halogens is 1. The summed E-state index contributed by atoms with van der Waals surface area (Å²) in [4.78, 5) is 7.29. The van der Waals surface area contributed by atoms with Gasteiger partial charge in [-0.15, -0.1) is 0 Å². The normalized spacial score (nSPS) is 20.5. The fourth-order valence-corrected chi connectivity index (χ4v) is 4.06. The number of hydrogen-bond donors (Lipinski definition) is 1. The molecule has 6 heteroatoms. The van der Waals surface area contributed by atoms with Crippen molar-refractivity contribution in [3.8, 4) is 5.75 Å². The fourth-order valence-electron chi connectivity index (χ4n) is 4.06. The van der Waals surface area contributed by atoms with Gasteiger partial charge in [0.15, 0.2) is 11.6 Å². The van der Waals surface area contributed by atoms with E-state index in [1.807, 2.05) is 0 Å². The Balaban J connectivity index is 1.49. The molecule has 4 rings (SSSR count). The highest BCUT2D eigenvalue weighted by Crippen LogP contribution is 2.43. The first-order chi connectivity index (χ1) is 11.8. The largest absolute Gasteiger partial charge is 0.486 e. The van der Waals surface area contributed by atoms with E-state index in [-0.39, 0.29) is 18.0 Å². The van der Waals surface area contributed by atoms with Crippen molar-refractivity contribution in [3.63, 3.8) is 0 Å². The molecule has 24 heavy (non-hydrogen) atoms. The summed E-state index contributed by atoms with van der Waals surface area (Å²) < 4.78 is 18.8. The van der Waals surface area contributed by atoms with Gasteiger partial charge in [-0.25, -0.2) is 9.37 Å². The SMILES string of the molecule is Fc1cccc(OCc2nc(C3(N4CCCC4)CCCC3)n[nH]2)c1. The van der Waals surface area contributed by atoms with Crippen LogP contribution in [-0.2, 0) is 12.1 Å². The maximum absolute atomic E-state index is 13.2. The van der Waals surface area contributed by atoms with Crippen LogP contribution >= 0.6 is 0 Å². The van der Waals surface area contributed by atoms with Crippen LogP contribution in [0.4, 0.5) is 4.39 Å². The Labute approximate surface area is 141 Å². The molecule has 0 atom stereocenters. The average molecular weight is 330 g/mol. The zero-order valence-corrected chi connectivity index (χ0v) is 13.8. The van der Waals surface area contributed by atoms with Gasteiger partial charge in [-0.2, -0.15) is 5.10 Å². The predicted molar refractivity (Wildman–Crippen MR) is 88.1 cm³/mol. The Bertz CT molecular complexity index is 690. The molecule has 1 aromatic heterocycles. The van der Waals surface area contributed by atoms with E-state index >= 15 is 0 Å². The van der Waals surface area contributed by atoms with Gasteiger partial charge in [0.05, 0.1) is 5.54 Å². The van der Waals surface area contributed by atoms with E-state index in [2.05, 4.69) is 15.1 Å². The zero-order chi connectivity index (χ0) is 16.4. The molecule has 2 aliphatic rings. The minimum absolute atomic E-state index is 0.00407. The monoisotopic (exact) mass is 330 g/mol. The standard InChI is InChI=1S/C18H23FN4O/c19-14-6-5-7-15(12-14)24-13-16-20-17(22-21-16)18(8-1-2-9-18)23-10-3-4-11-23/h5-7,12H,1-4,8-11,13H2,(H,20,21,22). The number of nitrogens with zero attached hydrogens (tertiary/aromatic N) is 3. The summed E-state index contributed by atoms with van der Waals surface area (Å²) in [5.74, 6) is 1.80. The molecule has 1 aromatic carbocycles. The third-order valence-corrected chi connectivity index (χ3v) is 5.26. The Morgan fingerprint density at radius 3 is 2.71 bits per heavy atom. The number of likely N-dealkylation sites (tertiary alicyclic amines) is 1. The van der Waals surface area contributed by atoms with Crippen LogP contribution in [-0.4, -0.2) is 33.2 Å². The van der Waals surface area contributed by atoms with Crippen LogP contribution in [0, 0.1) is 5.82 Å². The van der Waals surface area contributed by atoms with E-state index in [4.69, 9.17) is 9.72 Å². The average Bonchev–Trinajstić information content (AvgIpc) is 3.32. The van der Waals surface area contributed by atoms with Crippen LogP contribution in [0.1, 0.15) is 50.2 Å². The number of hydrogen-bond acceptors (Lipinski definition) is 4. The van der Waals surface area contributed by atoms with Crippen LogP contribution in [0.5, 0.6) is 5.75 Å². The molecule has 1 N–H and O–H groups in total. The van der Waals surface area contributed by atoms with Crippen molar-refractivity contribution in [1.82, 2.24) is 20.1 Å². The first-order valence-electron chi connectivity index (χ1n) is 8.81. The lowest BCUT2D eigenvalue weighted by Crippen LogP contribution is -2.43. The molecule has 2 heterocycles. The summed E-state index contributed by atoms with van der Waals surface area (Å²) >= 11 is 0. The number of rotatable bonds is 5. The van der Waals surface area contributed by atoms with Crippen LogP contribution in [0.15, 0.2) is 24.3 Å². The molecular formula is C18H23FN4O. The summed E-state index contributed by atoms with van der Waals surface area (Å²) in [7, 11) is 0. The van der Waals surface area contributed by atoms with Gasteiger partial charge in [0.2, 0.25) is 0 Å². The first-order valence-corrected chi connectivity index (χ1v) is 8.81. The quantitative estimate of drug-likeness (QED) is 0.913. The molecule has 128 valence electrons. The molecule has 2 fully saturated rings. The predicted octanol–water partition coefficient (Wildman–Crippen LogP) is 3.39. The summed E-state index contributed by atoms with van der Waals surface area (Å²) in [5.41, 5.74) is 0.00407. The van der Waals surface area contributed by atoms with Gasteiger partial charge in [-0.05, 0) is 50.9 Å². The van der Waals surface area contributed by atoms with Gasteiger partial charge >= 0.3 is 0 Å². The summed E-state index contributed by atoms with van der Waals surface area (Å²) in [6, 6.07) is 6.15. The molecule has 0 unspecified atom stereocenters. The van der Waals surface area contributed by atoms with Crippen LogP contribution in [0.3, 0.4) is 0 Å². The molecule has 5 nitrogen and oxygen atoms in total. The van der Waals surface area contributed by atoms with Gasteiger partial charge < -0.3 is 4.74 Å². The molecule has 0 bridgehead atoms. The van der Waals surface area contributed by atoms with Crippen molar-refractivity contribution in [2.45, 2.75) is 50.7 Å². The molecule has 0 radical (unpaired) electrons. The van der Waals surface area contributed by atoms with Crippen LogP contribution in [0.25, 0.3) is 0 Å². The molecule has 0 amide bonds. The second-order valence-electron chi connectivity index (χ2n) is 6.78. The zero-order valence-electron chi connectivity index (χ0n) is 13.8. The highest BCUT2D eigenvalue weighted by molar-refractivity contribution is 5.22. The third kappa shape index (κ3) is 2.90. The van der Waals surface area contributed by atoms with E-state index in [1.54, 1.807) is 12.1 Å². The topological polar surface area (TPSA) is 54.0 Å². The van der Waals surface area contributed by atoms with E-state index in [9.17, 15) is 4.39 Å². The lowest BCUT2D eigenvalue weighted by Gasteiger charge is -2.36. The van der Waals surface area contributed by atoms with E-state index in [1.165, 1.54) is 37.8 Å². The molecule has 2 aromatic rings. The molecule has 1 aliphatic heterocycles. The van der Waals surface area contributed by atoms with Crippen molar-refractivity contribution in [1.29, 1.82) is 0 Å². The Morgan fingerprint density at radius 2 is 1.96 bits per heavy atom. The molecular weight excluding hydrogens is 307 g/mol. The number of nitrogens with one attached hydrogen (secondary N) is 1. The van der Waals surface area contributed by atoms with Gasteiger partial charge in [-0.1, -0.05) is 18.9 Å². The highest BCUT2D eigenvalue weighted by atomic mass is 19.1. The lowest BCUT2D eigenvalue weighted by atomic mass is 9.94. The van der Waals surface area contributed by atoms with Gasteiger partial charge in [0, 0.05) is 6.07 Å². The molecule has 1 saturated heterocycles. The van der Waals surface area contributed by atoms with Crippen molar-refractivity contribution in [3.05, 3.63) is 41.7 Å². The molecule has 0 spiro atoms. The minimum atomic E-state index is -0.301. The number of H-pyrrole nitrogens is 1.